The molecule has 1 aliphatic heterocycles. The van der Waals surface area contributed by atoms with Crippen molar-refractivity contribution in [2.45, 2.75) is 19.4 Å². The van der Waals surface area contributed by atoms with Crippen LogP contribution in [0.5, 0.6) is 0 Å². The second-order valence-corrected chi connectivity index (χ2v) is 5.45. The summed E-state index contributed by atoms with van der Waals surface area (Å²) in [5.74, 6) is -0.240. The van der Waals surface area contributed by atoms with E-state index in [1.165, 1.54) is 10.6 Å². The number of carboxylic acids is 1. The van der Waals surface area contributed by atoms with Crippen LogP contribution in [-0.4, -0.2) is 51.0 Å². The molecule has 0 unspecified atom stereocenters. The van der Waals surface area contributed by atoms with Gasteiger partial charge in [0.05, 0.1) is 12.2 Å². The fourth-order valence-corrected chi connectivity index (χ4v) is 2.36. The van der Waals surface area contributed by atoms with E-state index in [4.69, 9.17) is 9.84 Å². The van der Waals surface area contributed by atoms with Crippen LogP contribution in [0, 0.1) is 0 Å². The van der Waals surface area contributed by atoms with Gasteiger partial charge in [-0.15, -0.1) is 0 Å². The van der Waals surface area contributed by atoms with Gasteiger partial charge in [-0.1, -0.05) is 0 Å². The second-order valence-electron chi connectivity index (χ2n) is 5.45. The summed E-state index contributed by atoms with van der Waals surface area (Å²) in [4.78, 5) is 17.5. The van der Waals surface area contributed by atoms with E-state index in [2.05, 4.69) is 15.0 Å². The molecule has 0 amide bonds. The molecule has 1 fully saturated rings. The Morgan fingerprint density at radius 1 is 1.50 bits per heavy atom. The zero-order valence-corrected chi connectivity index (χ0v) is 11.4. The van der Waals surface area contributed by atoms with Crippen LogP contribution in [-0.2, 0) is 4.74 Å². The molecule has 3 heterocycles. The summed E-state index contributed by atoms with van der Waals surface area (Å²) in [5.41, 5.74) is 0.319. The lowest BCUT2D eigenvalue weighted by Gasteiger charge is -2.38. The van der Waals surface area contributed by atoms with Gasteiger partial charge in [0.1, 0.15) is 5.82 Å². The third-order valence-electron chi connectivity index (χ3n) is 3.28. The van der Waals surface area contributed by atoms with Gasteiger partial charge in [-0.25, -0.2) is 14.3 Å². The lowest BCUT2D eigenvalue weighted by atomic mass is 10.1. The Kier molecular flexibility index (Phi) is 2.86. The predicted molar refractivity (Wildman–Crippen MR) is 72.2 cm³/mol. The van der Waals surface area contributed by atoms with Crippen molar-refractivity contribution >= 4 is 17.4 Å². The van der Waals surface area contributed by atoms with E-state index in [0.29, 0.717) is 12.3 Å². The molecule has 1 aliphatic rings. The fraction of sp³-hybridized carbons (Fsp3) is 0.462. The standard InChI is InChI=1S/C13H16N4O3/c1-13(2)8-16(5-6-20-13)10-3-4-17-11(14-10)7-9(15-17)12(18)19/h3-4,7H,5-6,8H2,1-2H3,(H,18,19). The number of hydrogen-bond acceptors (Lipinski definition) is 5. The van der Waals surface area contributed by atoms with Gasteiger partial charge in [0.25, 0.3) is 0 Å². The molecule has 1 saturated heterocycles. The zero-order chi connectivity index (χ0) is 14.3. The molecule has 2 aromatic heterocycles. The van der Waals surface area contributed by atoms with Gasteiger partial charge >= 0.3 is 5.97 Å². The maximum absolute atomic E-state index is 10.9. The van der Waals surface area contributed by atoms with Crippen LogP contribution in [0.25, 0.3) is 5.65 Å². The van der Waals surface area contributed by atoms with Crippen LogP contribution in [0.2, 0.25) is 0 Å². The van der Waals surface area contributed by atoms with Gasteiger partial charge in [-0.3, -0.25) is 0 Å². The Bertz CT molecular complexity index is 665. The van der Waals surface area contributed by atoms with Crippen molar-refractivity contribution in [1.82, 2.24) is 14.6 Å². The van der Waals surface area contributed by atoms with Gasteiger partial charge in [-0.05, 0) is 19.9 Å². The molecule has 20 heavy (non-hydrogen) atoms. The number of rotatable bonds is 2. The Labute approximate surface area is 115 Å². The maximum atomic E-state index is 10.9. The first kappa shape index (κ1) is 12.9. The molecular weight excluding hydrogens is 260 g/mol. The third kappa shape index (κ3) is 2.32. The minimum absolute atomic E-state index is 0.00282. The number of fused-ring (bicyclic) bond motifs is 1. The lowest BCUT2D eigenvalue weighted by Crippen LogP contribution is -2.48. The largest absolute Gasteiger partial charge is 0.476 e. The van der Waals surface area contributed by atoms with Gasteiger partial charge in [0.15, 0.2) is 11.3 Å². The third-order valence-corrected chi connectivity index (χ3v) is 3.28. The summed E-state index contributed by atoms with van der Waals surface area (Å²) >= 11 is 0. The molecule has 0 aromatic carbocycles. The average molecular weight is 276 g/mol. The molecule has 106 valence electrons. The first-order valence-electron chi connectivity index (χ1n) is 6.43. The monoisotopic (exact) mass is 276 g/mol. The number of aromatic nitrogens is 3. The van der Waals surface area contributed by atoms with E-state index >= 15 is 0 Å². The minimum atomic E-state index is -1.05. The average Bonchev–Trinajstić information content (AvgIpc) is 2.80. The van der Waals surface area contributed by atoms with Crippen LogP contribution >= 0.6 is 0 Å². The van der Waals surface area contributed by atoms with Gasteiger partial charge in [-0.2, -0.15) is 5.10 Å². The SMILES string of the molecule is CC1(C)CN(c2ccn3nc(C(=O)O)cc3n2)CCO1. The topological polar surface area (TPSA) is 80.0 Å². The molecule has 0 spiro atoms. The normalized spacial score (nSPS) is 18.4. The van der Waals surface area contributed by atoms with Gasteiger partial charge in [0.2, 0.25) is 0 Å². The van der Waals surface area contributed by atoms with Crippen molar-refractivity contribution in [3.8, 4) is 0 Å². The molecule has 2 aromatic rings. The highest BCUT2D eigenvalue weighted by Crippen LogP contribution is 2.22. The van der Waals surface area contributed by atoms with Crippen LogP contribution in [0.4, 0.5) is 5.82 Å². The molecule has 0 radical (unpaired) electrons. The first-order chi connectivity index (χ1) is 9.44. The highest BCUT2D eigenvalue weighted by molar-refractivity contribution is 5.86. The summed E-state index contributed by atoms with van der Waals surface area (Å²) in [6, 6.07) is 3.31. The van der Waals surface area contributed by atoms with Crippen molar-refractivity contribution < 1.29 is 14.6 Å². The Hall–Kier alpha value is -2.15. The minimum Gasteiger partial charge on any atom is -0.476 e. The van der Waals surface area contributed by atoms with E-state index in [0.717, 1.165) is 18.9 Å². The zero-order valence-electron chi connectivity index (χ0n) is 11.4. The van der Waals surface area contributed by atoms with Crippen LogP contribution in [0.15, 0.2) is 18.3 Å². The van der Waals surface area contributed by atoms with E-state index < -0.39 is 5.97 Å². The van der Waals surface area contributed by atoms with Crippen molar-refractivity contribution in [2.75, 3.05) is 24.6 Å². The van der Waals surface area contributed by atoms with Crippen molar-refractivity contribution in [3.63, 3.8) is 0 Å². The molecule has 3 rings (SSSR count). The molecule has 0 aliphatic carbocycles. The Morgan fingerprint density at radius 2 is 2.30 bits per heavy atom. The molecule has 0 saturated carbocycles. The highest BCUT2D eigenvalue weighted by Gasteiger charge is 2.28. The van der Waals surface area contributed by atoms with Crippen LogP contribution in [0.1, 0.15) is 24.3 Å². The molecule has 7 nitrogen and oxygen atoms in total. The molecule has 0 atom stereocenters. The number of morpholine rings is 1. The second kappa shape index (κ2) is 4.45. The maximum Gasteiger partial charge on any atom is 0.356 e. The Balaban J connectivity index is 1.94. The predicted octanol–water partition coefficient (Wildman–Crippen LogP) is 1.04. The van der Waals surface area contributed by atoms with Gasteiger partial charge < -0.3 is 14.7 Å². The van der Waals surface area contributed by atoms with E-state index in [1.807, 2.05) is 19.9 Å². The summed E-state index contributed by atoms with van der Waals surface area (Å²) in [6.07, 6.45) is 1.73. The number of aromatic carboxylic acids is 1. The number of carbonyl (C=O) groups is 1. The summed E-state index contributed by atoms with van der Waals surface area (Å²) < 4.78 is 7.15. The number of hydrogen-bond donors (Lipinski definition) is 1. The van der Waals surface area contributed by atoms with Crippen molar-refractivity contribution in [2.24, 2.45) is 0 Å². The number of nitrogens with zero attached hydrogens (tertiary/aromatic N) is 4. The van der Waals surface area contributed by atoms with E-state index in [9.17, 15) is 4.79 Å². The number of ether oxygens (including phenoxy) is 1. The number of carboxylic acid groups (broad SMARTS) is 1. The first-order valence-corrected chi connectivity index (χ1v) is 6.43. The molecule has 1 N–H and O–H groups in total. The van der Waals surface area contributed by atoms with E-state index in [-0.39, 0.29) is 11.3 Å². The Morgan fingerprint density at radius 3 is 3.00 bits per heavy atom. The van der Waals surface area contributed by atoms with E-state index in [1.54, 1.807) is 6.20 Å². The fourth-order valence-electron chi connectivity index (χ4n) is 2.36. The van der Waals surface area contributed by atoms with Crippen LogP contribution in [0.3, 0.4) is 0 Å². The lowest BCUT2D eigenvalue weighted by molar-refractivity contribution is -0.0279. The van der Waals surface area contributed by atoms with Crippen LogP contribution < -0.4 is 4.90 Å². The number of anilines is 1. The smallest absolute Gasteiger partial charge is 0.356 e. The van der Waals surface area contributed by atoms with Crippen molar-refractivity contribution in [3.05, 3.63) is 24.0 Å². The highest BCUT2D eigenvalue weighted by atomic mass is 16.5. The molecular formula is C13H16N4O3. The van der Waals surface area contributed by atoms with Gasteiger partial charge in [0, 0.05) is 25.4 Å². The summed E-state index contributed by atoms with van der Waals surface area (Å²) in [5, 5.41) is 12.9. The molecule has 7 heteroatoms. The molecule has 0 bridgehead atoms. The summed E-state index contributed by atoms with van der Waals surface area (Å²) in [7, 11) is 0. The quantitative estimate of drug-likeness (QED) is 0.883. The van der Waals surface area contributed by atoms with Crippen molar-refractivity contribution in [1.29, 1.82) is 0 Å². The summed E-state index contributed by atoms with van der Waals surface area (Å²) in [6.45, 7) is 6.25.